The summed E-state index contributed by atoms with van der Waals surface area (Å²) < 4.78 is 5.17. The van der Waals surface area contributed by atoms with Crippen LogP contribution >= 0.6 is 0 Å². The van der Waals surface area contributed by atoms with E-state index < -0.39 is 12.0 Å². The molecule has 1 N–H and O–H groups in total. The van der Waals surface area contributed by atoms with E-state index in [-0.39, 0.29) is 25.1 Å². The Hall–Kier alpha value is -1.14. The molecule has 0 bridgehead atoms. The van der Waals surface area contributed by atoms with Gasteiger partial charge in [-0.15, -0.1) is 0 Å². The number of morpholine rings is 1. The lowest BCUT2D eigenvalue weighted by atomic mass is 10.0. The second-order valence-corrected chi connectivity index (χ2v) is 5.33. The molecule has 2 heterocycles. The first-order valence-corrected chi connectivity index (χ1v) is 6.93. The number of hydrogen-bond acceptors (Lipinski definition) is 4. The molecule has 108 valence electrons. The first-order valence-electron chi connectivity index (χ1n) is 6.93. The zero-order valence-corrected chi connectivity index (χ0v) is 11.4. The zero-order valence-electron chi connectivity index (χ0n) is 11.4. The van der Waals surface area contributed by atoms with Crippen LogP contribution in [0.2, 0.25) is 0 Å². The van der Waals surface area contributed by atoms with Gasteiger partial charge in [0.15, 0.2) is 0 Å². The number of nitrogens with zero attached hydrogens (tertiary/aromatic N) is 2. The molecule has 0 radical (unpaired) electrons. The minimum absolute atomic E-state index is 0.0420. The van der Waals surface area contributed by atoms with Crippen LogP contribution in [0, 0.1) is 0 Å². The number of carboxylic acid groups (broad SMARTS) is 1. The van der Waals surface area contributed by atoms with Gasteiger partial charge in [-0.2, -0.15) is 0 Å². The zero-order chi connectivity index (χ0) is 13.8. The summed E-state index contributed by atoms with van der Waals surface area (Å²) in [7, 11) is 0. The van der Waals surface area contributed by atoms with Crippen molar-refractivity contribution < 1.29 is 19.4 Å². The molecule has 0 saturated carbocycles. The maximum atomic E-state index is 12.3. The highest BCUT2D eigenvalue weighted by Crippen LogP contribution is 2.17. The molecule has 0 aliphatic carbocycles. The second kappa shape index (κ2) is 6.34. The van der Waals surface area contributed by atoms with Crippen molar-refractivity contribution in [2.45, 2.75) is 38.3 Å². The fourth-order valence-corrected chi connectivity index (χ4v) is 2.79. The van der Waals surface area contributed by atoms with Gasteiger partial charge in [-0.25, -0.2) is 0 Å². The van der Waals surface area contributed by atoms with Gasteiger partial charge >= 0.3 is 5.97 Å². The minimum Gasteiger partial charge on any atom is -0.480 e. The molecular weight excluding hydrogens is 248 g/mol. The van der Waals surface area contributed by atoms with E-state index in [1.165, 1.54) is 6.42 Å². The number of likely N-dealkylation sites (tertiary alicyclic amines) is 1. The summed E-state index contributed by atoms with van der Waals surface area (Å²) in [5, 5.41) is 9.14. The molecule has 19 heavy (non-hydrogen) atoms. The second-order valence-electron chi connectivity index (χ2n) is 5.33. The third kappa shape index (κ3) is 3.45. The first kappa shape index (κ1) is 14.3. The van der Waals surface area contributed by atoms with Gasteiger partial charge in [-0.3, -0.25) is 14.5 Å². The van der Waals surface area contributed by atoms with Crippen molar-refractivity contribution in [1.29, 1.82) is 0 Å². The first-order chi connectivity index (χ1) is 9.09. The maximum absolute atomic E-state index is 12.3. The molecule has 2 atom stereocenters. The van der Waals surface area contributed by atoms with E-state index in [1.54, 1.807) is 4.90 Å². The quantitative estimate of drug-likeness (QED) is 0.792. The molecular formula is C13H22N2O4. The molecule has 0 aromatic rings. The minimum atomic E-state index is -0.917. The number of rotatable bonds is 3. The van der Waals surface area contributed by atoms with E-state index in [0.717, 1.165) is 19.4 Å². The summed E-state index contributed by atoms with van der Waals surface area (Å²) in [6, 6.07) is -0.427. The number of aliphatic carboxylic acids is 1. The maximum Gasteiger partial charge on any atom is 0.323 e. The predicted molar refractivity (Wildman–Crippen MR) is 68.8 cm³/mol. The van der Waals surface area contributed by atoms with Gasteiger partial charge in [0.05, 0.1) is 19.8 Å². The molecule has 6 heteroatoms. The third-order valence-electron chi connectivity index (χ3n) is 3.99. The highest BCUT2D eigenvalue weighted by Gasteiger charge is 2.32. The lowest BCUT2D eigenvalue weighted by Gasteiger charge is -2.37. The van der Waals surface area contributed by atoms with Gasteiger partial charge in [0, 0.05) is 19.1 Å². The normalized spacial score (nSPS) is 29.2. The Balaban J connectivity index is 1.94. The van der Waals surface area contributed by atoms with Gasteiger partial charge in [0.2, 0.25) is 5.91 Å². The molecule has 0 spiro atoms. The van der Waals surface area contributed by atoms with Crippen LogP contribution < -0.4 is 0 Å². The number of carbonyl (C=O) groups excluding carboxylic acids is 1. The van der Waals surface area contributed by atoms with Crippen LogP contribution in [0.15, 0.2) is 0 Å². The van der Waals surface area contributed by atoms with Gasteiger partial charge in [0.1, 0.15) is 6.04 Å². The number of piperidine rings is 1. The van der Waals surface area contributed by atoms with Crippen LogP contribution in [0.1, 0.15) is 26.2 Å². The summed E-state index contributed by atoms with van der Waals surface area (Å²) in [4.78, 5) is 27.0. The molecule has 2 aliphatic rings. The molecule has 0 aromatic carbocycles. The van der Waals surface area contributed by atoms with E-state index in [4.69, 9.17) is 9.84 Å². The fourth-order valence-electron chi connectivity index (χ4n) is 2.79. The van der Waals surface area contributed by atoms with Gasteiger partial charge in [-0.05, 0) is 26.2 Å². The van der Waals surface area contributed by atoms with E-state index in [0.29, 0.717) is 13.2 Å². The van der Waals surface area contributed by atoms with Crippen molar-refractivity contribution in [3.63, 3.8) is 0 Å². The SMILES string of the molecule is CC1CCCCN1C(=O)CN1CCOCC1C(=O)O. The summed E-state index contributed by atoms with van der Waals surface area (Å²) in [5.74, 6) is -0.875. The molecule has 2 fully saturated rings. The third-order valence-corrected chi connectivity index (χ3v) is 3.99. The lowest BCUT2D eigenvalue weighted by Crippen LogP contribution is -2.55. The van der Waals surface area contributed by atoms with Crippen LogP contribution in [0.25, 0.3) is 0 Å². The number of hydrogen-bond donors (Lipinski definition) is 1. The van der Waals surface area contributed by atoms with Crippen LogP contribution in [-0.2, 0) is 14.3 Å². The van der Waals surface area contributed by atoms with Crippen molar-refractivity contribution in [3.8, 4) is 0 Å². The largest absolute Gasteiger partial charge is 0.480 e. The number of carbonyl (C=O) groups is 2. The summed E-state index contributed by atoms with van der Waals surface area (Å²) in [6.45, 7) is 4.20. The Morgan fingerprint density at radius 2 is 2.11 bits per heavy atom. The van der Waals surface area contributed by atoms with E-state index in [2.05, 4.69) is 6.92 Å². The Bertz CT molecular complexity index is 348. The van der Waals surface area contributed by atoms with Crippen molar-refractivity contribution >= 4 is 11.9 Å². The summed E-state index contributed by atoms with van der Waals surface area (Å²) in [5.41, 5.74) is 0. The van der Waals surface area contributed by atoms with Gasteiger partial charge in [-0.1, -0.05) is 0 Å². The number of amides is 1. The predicted octanol–water partition coefficient (Wildman–Crippen LogP) is 0.173. The monoisotopic (exact) mass is 270 g/mol. The average Bonchev–Trinajstić information content (AvgIpc) is 2.39. The Labute approximate surface area is 113 Å². The molecule has 2 saturated heterocycles. The van der Waals surface area contributed by atoms with Crippen LogP contribution in [0.5, 0.6) is 0 Å². The average molecular weight is 270 g/mol. The van der Waals surface area contributed by atoms with Crippen LogP contribution in [0.3, 0.4) is 0 Å². The number of ether oxygens (including phenoxy) is 1. The Morgan fingerprint density at radius 1 is 1.32 bits per heavy atom. The summed E-state index contributed by atoms with van der Waals surface area (Å²) in [6.07, 6.45) is 3.25. The van der Waals surface area contributed by atoms with Crippen LogP contribution in [0.4, 0.5) is 0 Å². The topological polar surface area (TPSA) is 70.1 Å². The summed E-state index contributed by atoms with van der Waals surface area (Å²) >= 11 is 0. The Kier molecular flexibility index (Phi) is 4.76. The van der Waals surface area contributed by atoms with Gasteiger partial charge < -0.3 is 14.7 Å². The van der Waals surface area contributed by atoms with Crippen molar-refractivity contribution in [2.24, 2.45) is 0 Å². The standard InChI is InChI=1S/C13H22N2O4/c1-10-4-2-3-5-15(10)12(16)8-14-6-7-19-9-11(14)13(17)18/h10-11H,2-9H2,1H3,(H,17,18). The molecule has 2 unspecified atom stereocenters. The highest BCUT2D eigenvalue weighted by molar-refractivity contribution is 5.80. The number of carboxylic acids is 1. The van der Waals surface area contributed by atoms with E-state index in [9.17, 15) is 9.59 Å². The lowest BCUT2D eigenvalue weighted by molar-refractivity contribution is -0.152. The fraction of sp³-hybridized carbons (Fsp3) is 0.846. The van der Waals surface area contributed by atoms with E-state index in [1.807, 2.05) is 4.90 Å². The molecule has 2 aliphatic heterocycles. The van der Waals surface area contributed by atoms with Crippen molar-refractivity contribution in [1.82, 2.24) is 9.80 Å². The molecule has 0 aromatic heterocycles. The molecule has 6 nitrogen and oxygen atoms in total. The molecule has 2 rings (SSSR count). The smallest absolute Gasteiger partial charge is 0.323 e. The highest BCUT2D eigenvalue weighted by atomic mass is 16.5. The van der Waals surface area contributed by atoms with E-state index >= 15 is 0 Å². The van der Waals surface area contributed by atoms with Gasteiger partial charge in [0.25, 0.3) is 0 Å². The van der Waals surface area contributed by atoms with Crippen LogP contribution in [-0.4, -0.2) is 71.7 Å². The molecule has 1 amide bonds. The Morgan fingerprint density at radius 3 is 2.79 bits per heavy atom. The van der Waals surface area contributed by atoms with Crippen molar-refractivity contribution in [3.05, 3.63) is 0 Å². The van der Waals surface area contributed by atoms with Crippen molar-refractivity contribution in [2.75, 3.05) is 32.8 Å².